The lowest BCUT2D eigenvalue weighted by Crippen LogP contribution is -2.53. The zero-order valence-corrected chi connectivity index (χ0v) is 19.1. The maximum absolute atomic E-state index is 13.8. The molecule has 170 valence electrons. The minimum Gasteiger partial charge on any atom is -0.508 e. The van der Waals surface area contributed by atoms with Crippen molar-refractivity contribution in [2.24, 2.45) is 0 Å². The minimum absolute atomic E-state index is 0.0359. The number of phenolic OH excluding ortho intramolecular Hbond substituents is 1. The molecule has 0 bridgehead atoms. The lowest BCUT2D eigenvalue weighted by Gasteiger charge is -2.49. The predicted octanol–water partition coefficient (Wildman–Crippen LogP) is 5.72. The number of halogens is 2. The first-order valence-electron chi connectivity index (χ1n) is 10.7. The summed E-state index contributed by atoms with van der Waals surface area (Å²) < 4.78 is 13.5. The van der Waals surface area contributed by atoms with Crippen LogP contribution in [0.2, 0.25) is 5.02 Å². The Morgan fingerprint density at radius 1 is 1.12 bits per heavy atom. The molecule has 2 atom stereocenters. The SMILES string of the molecule is CCC(=O)NC1CC(C)(c2ccc(Cl)cc2)N(C(=O)c2ccc(F)cc2)c2ccc(O)cc21. The zero-order valence-electron chi connectivity index (χ0n) is 18.3. The van der Waals surface area contributed by atoms with Crippen LogP contribution in [-0.4, -0.2) is 16.9 Å². The maximum Gasteiger partial charge on any atom is 0.259 e. The van der Waals surface area contributed by atoms with Crippen LogP contribution >= 0.6 is 11.6 Å². The molecule has 1 aliphatic rings. The smallest absolute Gasteiger partial charge is 0.259 e. The molecular weight excluding hydrogens is 443 g/mol. The number of hydrogen-bond acceptors (Lipinski definition) is 3. The molecule has 0 aliphatic carbocycles. The van der Waals surface area contributed by atoms with Crippen LogP contribution in [0.1, 0.15) is 54.2 Å². The molecule has 5 nitrogen and oxygen atoms in total. The number of nitrogens with zero attached hydrogens (tertiary/aromatic N) is 1. The van der Waals surface area contributed by atoms with E-state index >= 15 is 0 Å². The number of anilines is 1. The molecule has 0 aromatic heterocycles. The van der Waals surface area contributed by atoms with Crippen molar-refractivity contribution in [3.8, 4) is 5.75 Å². The van der Waals surface area contributed by atoms with Gasteiger partial charge in [0.2, 0.25) is 5.91 Å². The van der Waals surface area contributed by atoms with Gasteiger partial charge in [0.25, 0.3) is 5.91 Å². The van der Waals surface area contributed by atoms with Crippen molar-refractivity contribution in [1.29, 1.82) is 0 Å². The fourth-order valence-electron chi connectivity index (χ4n) is 4.43. The van der Waals surface area contributed by atoms with Gasteiger partial charge in [0.05, 0.1) is 17.3 Å². The second-order valence-electron chi connectivity index (χ2n) is 8.35. The molecule has 0 saturated carbocycles. The summed E-state index contributed by atoms with van der Waals surface area (Å²) in [6.45, 7) is 3.70. The normalized spacial score (nSPS) is 19.6. The molecule has 1 heterocycles. The van der Waals surface area contributed by atoms with Gasteiger partial charge in [-0.25, -0.2) is 4.39 Å². The van der Waals surface area contributed by atoms with Gasteiger partial charge in [0, 0.05) is 22.6 Å². The minimum atomic E-state index is -0.869. The number of nitrogens with one attached hydrogen (secondary N) is 1. The second kappa shape index (κ2) is 8.87. The monoisotopic (exact) mass is 466 g/mol. The number of rotatable bonds is 4. The molecule has 0 radical (unpaired) electrons. The van der Waals surface area contributed by atoms with E-state index in [1.165, 1.54) is 30.3 Å². The van der Waals surface area contributed by atoms with E-state index in [-0.39, 0.29) is 17.6 Å². The van der Waals surface area contributed by atoms with Gasteiger partial charge in [-0.05, 0) is 73.5 Å². The van der Waals surface area contributed by atoms with E-state index in [0.717, 1.165) is 5.56 Å². The first-order valence-corrected chi connectivity index (χ1v) is 11.1. The zero-order chi connectivity index (χ0) is 23.8. The fourth-order valence-corrected chi connectivity index (χ4v) is 4.55. The molecular formula is C26H24ClFN2O3. The highest BCUT2D eigenvalue weighted by Crippen LogP contribution is 2.49. The summed E-state index contributed by atoms with van der Waals surface area (Å²) in [6.07, 6.45) is 0.671. The van der Waals surface area contributed by atoms with Crippen molar-refractivity contribution in [2.75, 3.05) is 4.90 Å². The number of carbonyl (C=O) groups excluding carboxylic acids is 2. The van der Waals surface area contributed by atoms with Crippen molar-refractivity contribution in [3.63, 3.8) is 0 Å². The highest BCUT2D eigenvalue weighted by molar-refractivity contribution is 6.30. The lowest BCUT2D eigenvalue weighted by molar-refractivity contribution is -0.121. The van der Waals surface area contributed by atoms with E-state index < -0.39 is 17.4 Å². The summed E-state index contributed by atoms with van der Waals surface area (Å²) in [6, 6.07) is 17.0. The van der Waals surface area contributed by atoms with Gasteiger partial charge < -0.3 is 10.4 Å². The standard InChI is InChI=1S/C26H24ClFN2O3/c1-3-24(32)29-22-15-26(2,17-6-8-18(27)9-7-17)30(23-13-12-20(31)14-21(22)23)25(33)16-4-10-19(28)11-5-16/h4-14,22,31H,3,15H2,1-2H3,(H,29,32). The third-order valence-electron chi connectivity index (χ3n) is 6.14. The van der Waals surface area contributed by atoms with Crippen LogP contribution in [0.4, 0.5) is 10.1 Å². The predicted molar refractivity (Wildman–Crippen MR) is 126 cm³/mol. The Hall–Kier alpha value is -3.38. The molecule has 0 fully saturated rings. The van der Waals surface area contributed by atoms with Crippen LogP contribution in [0, 0.1) is 5.82 Å². The first-order chi connectivity index (χ1) is 15.7. The van der Waals surface area contributed by atoms with Crippen LogP contribution in [0.15, 0.2) is 66.7 Å². The van der Waals surface area contributed by atoms with Gasteiger partial charge in [0.1, 0.15) is 11.6 Å². The molecule has 2 N–H and O–H groups in total. The van der Waals surface area contributed by atoms with Gasteiger partial charge in [0.15, 0.2) is 0 Å². The first kappa shape index (κ1) is 22.8. The van der Waals surface area contributed by atoms with E-state index in [1.807, 2.05) is 19.1 Å². The van der Waals surface area contributed by atoms with Gasteiger partial charge in [-0.2, -0.15) is 0 Å². The lowest BCUT2D eigenvalue weighted by atomic mass is 9.77. The molecule has 1 aliphatic heterocycles. The number of benzene rings is 3. The van der Waals surface area contributed by atoms with Gasteiger partial charge >= 0.3 is 0 Å². The molecule has 3 aromatic rings. The van der Waals surface area contributed by atoms with Gasteiger partial charge in [-0.15, -0.1) is 0 Å². The average molecular weight is 467 g/mol. The summed E-state index contributed by atoms with van der Waals surface area (Å²) in [5.74, 6) is -0.849. The third kappa shape index (κ3) is 4.31. The summed E-state index contributed by atoms with van der Waals surface area (Å²) >= 11 is 6.12. The number of fused-ring (bicyclic) bond motifs is 1. The van der Waals surface area contributed by atoms with Crippen LogP contribution in [0.5, 0.6) is 5.75 Å². The molecule has 33 heavy (non-hydrogen) atoms. The molecule has 3 aromatic carbocycles. The topological polar surface area (TPSA) is 69.6 Å². The van der Waals surface area contributed by atoms with E-state index in [0.29, 0.717) is 34.7 Å². The van der Waals surface area contributed by atoms with E-state index in [2.05, 4.69) is 5.32 Å². The van der Waals surface area contributed by atoms with Gasteiger partial charge in [-0.3, -0.25) is 14.5 Å². The molecule has 4 rings (SSSR count). The number of amides is 2. The van der Waals surface area contributed by atoms with Crippen molar-refractivity contribution < 1.29 is 19.1 Å². The van der Waals surface area contributed by atoms with Crippen molar-refractivity contribution >= 4 is 29.1 Å². The second-order valence-corrected chi connectivity index (χ2v) is 8.79. The Morgan fingerprint density at radius 2 is 1.79 bits per heavy atom. The third-order valence-corrected chi connectivity index (χ3v) is 6.39. The quantitative estimate of drug-likeness (QED) is 0.516. The van der Waals surface area contributed by atoms with Crippen LogP contribution in [-0.2, 0) is 10.3 Å². The highest BCUT2D eigenvalue weighted by Gasteiger charge is 2.46. The Balaban J connectivity index is 1.92. The van der Waals surface area contributed by atoms with Gasteiger partial charge in [-0.1, -0.05) is 30.7 Å². The Kier molecular flexibility index (Phi) is 6.13. The Bertz CT molecular complexity index is 1200. The largest absolute Gasteiger partial charge is 0.508 e. The van der Waals surface area contributed by atoms with E-state index in [1.54, 1.807) is 36.1 Å². The summed E-state index contributed by atoms with van der Waals surface area (Å²) in [4.78, 5) is 27.8. The van der Waals surface area contributed by atoms with Crippen LogP contribution in [0.3, 0.4) is 0 Å². The molecule has 2 amide bonds. The maximum atomic E-state index is 13.8. The molecule has 0 saturated heterocycles. The van der Waals surface area contributed by atoms with E-state index in [9.17, 15) is 19.1 Å². The number of phenols is 1. The number of hydrogen-bond donors (Lipinski definition) is 2. The van der Waals surface area contributed by atoms with Crippen LogP contribution in [0.25, 0.3) is 0 Å². The van der Waals surface area contributed by atoms with E-state index in [4.69, 9.17) is 11.6 Å². The Morgan fingerprint density at radius 3 is 2.42 bits per heavy atom. The molecule has 2 unspecified atom stereocenters. The molecule has 0 spiro atoms. The summed E-state index contributed by atoms with van der Waals surface area (Å²) in [7, 11) is 0. The fraction of sp³-hybridized carbons (Fsp3) is 0.231. The van der Waals surface area contributed by atoms with Crippen molar-refractivity contribution in [1.82, 2.24) is 5.32 Å². The Labute approximate surface area is 196 Å². The van der Waals surface area contributed by atoms with Crippen molar-refractivity contribution in [2.45, 2.75) is 38.3 Å². The van der Waals surface area contributed by atoms with Crippen LogP contribution < -0.4 is 10.2 Å². The summed E-state index contributed by atoms with van der Waals surface area (Å²) in [5.41, 5.74) is 1.49. The number of carbonyl (C=O) groups is 2. The molecule has 7 heteroatoms. The average Bonchev–Trinajstić information content (AvgIpc) is 2.80. The summed E-state index contributed by atoms with van der Waals surface area (Å²) in [5, 5.41) is 13.8. The number of aromatic hydroxyl groups is 1. The highest BCUT2D eigenvalue weighted by atomic mass is 35.5. The van der Waals surface area contributed by atoms with Crippen molar-refractivity contribution in [3.05, 3.63) is 94.3 Å².